The molecule has 0 aliphatic carbocycles. The topological polar surface area (TPSA) is 62.8 Å². The van der Waals surface area contributed by atoms with Gasteiger partial charge in [-0.15, -0.1) is 0 Å². The van der Waals surface area contributed by atoms with E-state index < -0.39 is 0 Å². The molecule has 2 amide bonds. The summed E-state index contributed by atoms with van der Waals surface area (Å²) in [6, 6.07) is 9.43. The lowest BCUT2D eigenvalue weighted by Gasteiger charge is -2.27. The first kappa shape index (κ1) is 18.7. The molecule has 148 valence electrons. The van der Waals surface area contributed by atoms with Gasteiger partial charge in [-0.25, -0.2) is 4.79 Å². The van der Waals surface area contributed by atoms with Crippen molar-refractivity contribution in [2.75, 3.05) is 37.0 Å². The molecular weight excluding hydrogens is 378 g/mol. The summed E-state index contributed by atoms with van der Waals surface area (Å²) >= 11 is 6.29. The number of carbonyl (C=O) groups is 1. The van der Waals surface area contributed by atoms with Crippen molar-refractivity contribution in [3.63, 3.8) is 0 Å². The van der Waals surface area contributed by atoms with Crippen molar-refractivity contribution >= 4 is 29.0 Å². The Bertz CT molecular complexity index is 887. The molecule has 2 aromatic rings. The van der Waals surface area contributed by atoms with Crippen LogP contribution in [-0.2, 0) is 13.0 Å². The number of aryl methyl sites for hydroxylation is 1. The molecule has 0 aromatic heterocycles. The summed E-state index contributed by atoms with van der Waals surface area (Å²) < 4.78 is 11.3. The molecule has 0 spiro atoms. The fourth-order valence-corrected chi connectivity index (χ4v) is 3.78. The summed E-state index contributed by atoms with van der Waals surface area (Å²) in [5, 5.41) is 6.10. The van der Waals surface area contributed by atoms with E-state index in [1.807, 2.05) is 0 Å². The van der Waals surface area contributed by atoms with Gasteiger partial charge in [-0.05, 0) is 30.0 Å². The normalized spacial score (nSPS) is 15.4. The van der Waals surface area contributed by atoms with E-state index in [2.05, 4.69) is 40.8 Å². The van der Waals surface area contributed by atoms with Crippen LogP contribution < -0.4 is 25.0 Å². The van der Waals surface area contributed by atoms with E-state index in [1.165, 1.54) is 11.3 Å². The summed E-state index contributed by atoms with van der Waals surface area (Å²) in [6.45, 7) is 2.70. The van der Waals surface area contributed by atoms with Crippen LogP contribution in [0.1, 0.15) is 24.0 Å². The Labute approximate surface area is 169 Å². The predicted octanol–water partition coefficient (Wildman–Crippen LogP) is 4.21. The highest BCUT2D eigenvalue weighted by molar-refractivity contribution is 6.34. The molecule has 0 bridgehead atoms. The van der Waals surface area contributed by atoms with Crippen LogP contribution >= 0.6 is 11.6 Å². The van der Waals surface area contributed by atoms with Crippen LogP contribution in [0.2, 0.25) is 5.02 Å². The molecule has 2 aliphatic heterocycles. The number of urea groups is 1. The number of halogens is 1. The Kier molecular flexibility index (Phi) is 5.48. The second kappa shape index (κ2) is 8.19. The number of fused-ring (bicyclic) bond motifs is 2. The lowest BCUT2D eigenvalue weighted by Crippen LogP contribution is -2.29. The first-order valence-electron chi connectivity index (χ1n) is 9.57. The second-order valence-electron chi connectivity index (χ2n) is 7.13. The van der Waals surface area contributed by atoms with Crippen LogP contribution in [-0.4, -0.2) is 32.8 Å². The van der Waals surface area contributed by atoms with Gasteiger partial charge >= 0.3 is 6.03 Å². The minimum Gasteiger partial charge on any atom is -0.490 e. The Morgan fingerprint density at radius 2 is 1.93 bits per heavy atom. The second-order valence-corrected chi connectivity index (χ2v) is 7.53. The number of anilines is 2. The number of benzene rings is 2. The third kappa shape index (κ3) is 4.12. The fourth-order valence-electron chi connectivity index (χ4n) is 3.58. The van der Waals surface area contributed by atoms with Crippen molar-refractivity contribution in [2.24, 2.45) is 0 Å². The predicted molar refractivity (Wildman–Crippen MR) is 111 cm³/mol. The van der Waals surface area contributed by atoms with E-state index >= 15 is 0 Å². The average molecular weight is 402 g/mol. The number of nitrogens with zero attached hydrogens (tertiary/aromatic N) is 1. The van der Waals surface area contributed by atoms with Gasteiger partial charge < -0.3 is 25.0 Å². The van der Waals surface area contributed by atoms with Crippen molar-refractivity contribution in [3.05, 3.63) is 46.5 Å². The lowest BCUT2D eigenvalue weighted by molar-refractivity contribution is 0.251. The number of hydrogen-bond donors (Lipinski definition) is 2. The summed E-state index contributed by atoms with van der Waals surface area (Å²) in [6.07, 6.45) is 3.04. The monoisotopic (exact) mass is 401 g/mol. The highest BCUT2D eigenvalue weighted by Gasteiger charge is 2.16. The minimum atomic E-state index is -0.314. The molecule has 2 aromatic carbocycles. The summed E-state index contributed by atoms with van der Waals surface area (Å²) in [5.74, 6) is 1.20. The molecule has 2 aliphatic rings. The van der Waals surface area contributed by atoms with E-state index in [0.29, 0.717) is 42.0 Å². The van der Waals surface area contributed by atoms with Gasteiger partial charge in [0.25, 0.3) is 0 Å². The van der Waals surface area contributed by atoms with E-state index in [4.69, 9.17) is 21.1 Å². The van der Waals surface area contributed by atoms with E-state index in [0.717, 1.165) is 31.4 Å². The third-order valence-corrected chi connectivity index (χ3v) is 5.35. The molecule has 0 radical (unpaired) electrons. The van der Waals surface area contributed by atoms with Crippen molar-refractivity contribution in [2.45, 2.75) is 25.8 Å². The molecule has 0 saturated carbocycles. The van der Waals surface area contributed by atoms with Crippen LogP contribution in [0.3, 0.4) is 0 Å². The highest BCUT2D eigenvalue weighted by Crippen LogP contribution is 2.37. The molecular formula is C21H24ClN3O3. The smallest absolute Gasteiger partial charge is 0.319 e. The number of carbonyl (C=O) groups excluding carboxylic acids is 1. The SMILES string of the molecule is CN1CCCc2cc(CNC(=O)Nc3cc4c(cc3Cl)OCCCO4)ccc21. The van der Waals surface area contributed by atoms with Gasteiger partial charge in [0.1, 0.15) is 0 Å². The van der Waals surface area contributed by atoms with Gasteiger partial charge in [0.05, 0.1) is 23.9 Å². The summed E-state index contributed by atoms with van der Waals surface area (Å²) in [4.78, 5) is 14.6. The number of rotatable bonds is 3. The summed E-state index contributed by atoms with van der Waals surface area (Å²) in [5.41, 5.74) is 4.18. The van der Waals surface area contributed by atoms with Crippen molar-refractivity contribution in [3.8, 4) is 11.5 Å². The van der Waals surface area contributed by atoms with E-state index in [1.54, 1.807) is 12.1 Å². The zero-order valence-electron chi connectivity index (χ0n) is 15.9. The maximum atomic E-state index is 12.4. The Morgan fingerprint density at radius 1 is 1.14 bits per heavy atom. The van der Waals surface area contributed by atoms with Crippen LogP contribution in [0.4, 0.5) is 16.2 Å². The zero-order valence-corrected chi connectivity index (χ0v) is 16.6. The van der Waals surface area contributed by atoms with Crippen LogP contribution in [0.15, 0.2) is 30.3 Å². The molecule has 28 heavy (non-hydrogen) atoms. The Balaban J connectivity index is 1.39. The molecule has 0 atom stereocenters. The number of amides is 2. The third-order valence-electron chi connectivity index (χ3n) is 5.03. The van der Waals surface area contributed by atoms with Gasteiger partial charge in [-0.1, -0.05) is 23.7 Å². The first-order chi connectivity index (χ1) is 13.6. The fraction of sp³-hybridized carbons (Fsp3) is 0.381. The molecule has 7 heteroatoms. The maximum Gasteiger partial charge on any atom is 0.319 e. The van der Waals surface area contributed by atoms with Gasteiger partial charge in [-0.3, -0.25) is 0 Å². The number of hydrogen-bond acceptors (Lipinski definition) is 4. The van der Waals surface area contributed by atoms with E-state index in [-0.39, 0.29) is 6.03 Å². The van der Waals surface area contributed by atoms with Crippen LogP contribution in [0.25, 0.3) is 0 Å². The van der Waals surface area contributed by atoms with Crippen molar-refractivity contribution < 1.29 is 14.3 Å². The van der Waals surface area contributed by atoms with Gasteiger partial charge in [0.15, 0.2) is 11.5 Å². The quantitative estimate of drug-likeness (QED) is 0.808. The zero-order chi connectivity index (χ0) is 19.5. The van der Waals surface area contributed by atoms with Gasteiger partial charge in [-0.2, -0.15) is 0 Å². The molecule has 0 unspecified atom stereocenters. The molecule has 4 rings (SSSR count). The van der Waals surface area contributed by atoms with Gasteiger partial charge in [0.2, 0.25) is 0 Å². The number of ether oxygens (including phenoxy) is 2. The molecule has 0 fully saturated rings. The van der Waals surface area contributed by atoms with E-state index in [9.17, 15) is 4.79 Å². The van der Waals surface area contributed by atoms with Gasteiger partial charge in [0, 0.05) is 44.4 Å². The standard InChI is InChI=1S/C21H24ClN3O3/c1-25-7-2-4-15-10-14(5-6-18(15)25)13-23-21(26)24-17-12-20-19(11-16(17)22)27-8-3-9-28-20/h5-6,10-12H,2-4,7-9,13H2,1H3,(H2,23,24,26). The highest BCUT2D eigenvalue weighted by atomic mass is 35.5. The molecule has 0 saturated heterocycles. The lowest BCUT2D eigenvalue weighted by atomic mass is 9.99. The van der Waals surface area contributed by atoms with Crippen molar-refractivity contribution in [1.29, 1.82) is 0 Å². The maximum absolute atomic E-state index is 12.4. The Morgan fingerprint density at radius 3 is 2.75 bits per heavy atom. The molecule has 6 nitrogen and oxygen atoms in total. The largest absolute Gasteiger partial charge is 0.490 e. The molecule has 2 N–H and O–H groups in total. The van der Waals surface area contributed by atoms with Crippen LogP contribution in [0, 0.1) is 0 Å². The average Bonchev–Trinajstić information content (AvgIpc) is 2.91. The number of nitrogens with one attached hydrogen (secondary N) is 2. The minimum absolute atomic E-state index is 0.314. The first-order valence-corrected chi connectivity index (χ1v) is 9.95. The summed E-state index contributed by atoms with van der Waals surface area (Å²) in [7, 11) is 2.11. The Hall–Kier alpha value is -2.60. The van der Waals surface area contributed by atoms with Crippen molar-refractivity contribution in [1.82, 2.24) is 5.32 Å². The van der Waals surface area contributed by atoms with Crippen LogP contribution in [0.5, 0.6) is 11.5 Å². The molecule has 2 heterocycles.